The third-order valence-corrected chi connectivity index (χ3v) is 2.53. The van der Waals surface area contributed by atoms with Crippen molar-refractivity contribution >= 4 is 0 Å². The van der Waals surface area contributed by atoms with Crippen LogP contribution in [0.25, 0.3) is 0 Å². The van der Waals surface area contributed by atoms with Gasteiger partial charge in [0.05, 0.1) is 6.54 Å². The third kappa shape index (κ3) is 1.97. The van der Waals surface area contributed by atoms with E-state index in [0.29, 0.717) is 12.2 Å². The van der Waals surface area contributed by atoms with Crippen molar-refractivity contribution in [2.75, 3.05) is 6.61 Å². The second kappa shape index (κ2) is 4.45. The second-order valence-electron chi connectivity index (χ2n) is 4.05. The highest BCUT2D eigenvalue weighted by molar-refractivity contribution is 5.27. The van der Waals surface area contributed by atoms with Crippen LogP contribution >= 0.6 is 0 Å². The van der Waals surface area contributed by atoms with E-state index in [2.05, 4.69) is 23.0 Å². The summed E-state index contributed by atoms with van der Waals surface area (Å²) in [6, 6.07) is 2.06. The minimum Gasteiger partial charge on any atom is -0.372 e. The minimum absolute atomic E-state index is 0.0380. The van der Waals surface area contributed by atoms with Crippen LogP contribution in [0.4, 0.5) is 0 Å². The highest BCUT2D eigenvalue weighted by Gasteiger charge is 2.26. The summed E-state index contributed by atoms with van der Waals surface area (Å²) < 4.78 is 7.30. The summed E-state index contributed by atoms with van der Waals surface area (Å²) >= 11 is 0. The lowest BCUT2D eigenvalue weighted by atomic mass is 10.1. The van der Waals surface area contributed by atoms with Crippen molar-refractivity contribution in [3.05, 3.63) is 23.5 Å². The highest BCUT2D eigenvalue weighted by atomic mass is 16.5. The third-order valence-electron chi connectivity index (χ3n) is 2.53. The molecular weight excluding hydrogens is 204 g/mol. The summed E-state index contributed by atoms with van der Waals surface area (Å²) in [4.78, 5) is 0. The van der Waals surface area contributed by atoms with Gasteiger partial charge in [-0.25, -0.2) is 4.68 Å². The van der Waals surface area contributed by atoms with Gasteiger partial charge in [-0.05, 0) is 19.8 Å². The first-order valence-electron chi connectivity index (χ1n) is 5.32. The molecule has 2 rings (SSSR count). The molecule has 0 radical (unpaired) electrons. The average Bonchev–Trinajstić information content (AvgIpc) is 2.84. The van der Waals surface area contributed by atoms with Crippen LogP contribution in [-0.2, 0) is 11.3 Å². The van der Waals surface area contributed by atoms with E-state index in [1.807, 2.05) is 6.92 Å². The van der Waals surface area contributed by atoms with Crippen LogP contribution in [-0.4, -0.2) is 21.6 Å². The quantitative estimate of drug-likeness (QED) is 0.722. The Hall–Kier alpha value is -1.67. The molecule has 0 spiro atoms. The van der Waals surface area contributed by atoms with Crippen molar-refractivity contribution in [3.8, 4) is 6.07 Å². The maximum atomic E-state index is 8.98. The Morgan fingerprint density at radius 3 is 3.12 bits per heavy atom. The van der Waals surface area contributed by atoms with E-state index in [4.69, 9.17) is 10.00 Å². The first kappa shape index (κ1) is 10.8. The molecule has 1 atom stereocenters. The van der Waals surface area contributed by atoms with Gasteiger partial charge in [0, 0.05) is 6.61 Å². The topological polar surface area (TPSA) is 63.7 Å². The van der Waals surface area contributed by atoms with Gasteiger partial charge in [0.1, 0.15) is 17.9 Å². The van der Waals surface area contributed by atoms with Gasteiger partial charge in [0.25, 0.3) is 0 Å². The molecule has 1 fully saturated rings. The van der Waals surface area contributed by atoms with Crippen molar-refractivity contribution in [1.82, 2.24) is 15.0 Å². The minimum atomic E-state index is -0.0380. The smallest absolute Gasteiger partial charge is 0.188 e. The van der Waals surface area contributed by atoms with Crippen LogP contribution in [0.2, 0.25) is 0 Å². The van der Waals surface area contributed by atoms with E-state index < -0.39 is 0 Å². The Balaban J connectivity index is 2.34. The van der Waals surface area contributed by atoms with Crippen LogP contribution < -0.4 is 0 Å². The Bertz CT molecular complexity index is 437. The van der Waals surface area contributed by atoms with E-state index in [-0.39, 0.29) is 6.10 Å². The van der Waals surface area contributed by atoms with Crippen LogP contribution in [0.1, 0.15) is 37.3 Å². The first-order valence-corrected chi connectivity index (χ1v) is 5.32. The van der Waals surface area contributed by atoms with Gasteiger partial charge >= 0.3 is 0 Å². The number of allylic oxidation sites excluding steroid dienone is 1. The number of nitrogens with zero attached hydrogens (tertiary/aromatic N) is 4. The van der Waals surface area contributed by atoms with Crippen molar-refractivity contribution in [3.63, 3.8) is 0 Å². The number of hydrogen-bond donors (Lipinski definition) is 0. The summed E-state index contributed by atoms with van der Waals surface area (Å²) in [6.45, 7) is 7.10. The molecule has 1 aromatic heterocycles. The number of rotatable bonds is 3. The van der Waals surface area contributed by atoms with Gasteiger partial charge in [0.15, 0.2) is 5.69 Å². The molecule has 0 aliphatic carbocycles. The molecule has 1 aliphatic rings. The Kier molecular flexibility index (Phi) is 3.02. The molecule has 5 nitrogen and oxygen atoms in total. The first-order chi connectivity index (χ1) is 7.72. The number of hydrogen-bond acceptors (Lipinski definition) is 4. The van der Waals surface area contributed by atoms with Crippen LogP contribution in [0, 0.1) is 11.3 Å². The van der Waals surface area contributed by atoms with E-state index in [1.165, 1.54) is 0 Å². The van der Waals surface area contributed by atoms with Gasteiger partial charge in [0.2, 0.25) is 0 Å². The lowest BCUT2D eigenvalue weighted by molar-refractivity contribution is 0.104. The van der Waals surface area contributed by atoms with Crippen LogP contribution in [0.15, 0.2) is 12.2 Å². The van der Waals surface area contributed by atoms with Gasteiger partial charge in [-0.3, -0.25) is 0 Å². The summed E-state index contributed by atoms with van der Waals surface area (Å²) in [7, 11) is 0. The van der Waals surface area contributed by atoms with Crippen LogP contribution in [0.5, 0.6) is 0 Å². The fourth-order valence-corrected chi connectivity index (χ4v) is 1.88. The molecule has 5 heteroatoms. The Morgan fingerprint density at radius 2 is 2.56 bits per heavy atom. The van der Waals surface area contributed by atoms with Gasteiger partial charge in [-0.2, -0.15) is 5.26 Å². The predicted molar refractivity (Wildman–Crippen MR) is 57.5 cm³/mol. The van der Waals surface area contributed by atoms with Crippen molar-refractivity contribution < 1.29 is 4.74 Å². The summed E-state index contributed by atoms with van der Waals surface area (Å²) in [5.41, 5.74) is 2.14. The molecule has 0 saturated carbocycles. The second-order valence-corrected chi connectivity index (χ2v) is 4.05. The number of aromatic nitrogens is 3. The van der Waals surface area contributed by atoms with E-state index in [9.17, 15) is 0 Å². The summed E-state index contributed by atoms with van der Waals surface area (Å²) in [5.74, 6) is 0. The molecule has 16 heavy (non-hydrogen) atoms. The van der Waals surface area contributed by atoms with Gasteiger partial charge in [-0.15, -0.1) is 5.10 Å². The molecule has 2 heterocycles. The largest absolute Gasteiger partial charge is 0.372 e. The Morgan fingerprint density at radius 1 is 1.75 bits per heavy atom. The normalized spacial score (nSPS) is 19.6. The fraction of sp³-hybridized carbons (Fsp3) is 0.545. The van der Waals surface area contributed by atoms with Crippen LogP contribution in [0.3, 0.4) is 0 Å². The SMILES string of the molecule is C=C(C)Cn1nnc(C#N)c1C1CCCO1. The Labute approximate surface area is 94.3 Å². The van der Waals surface area contributed by atoms with Crippen molar-refractivity contribution in [2.24, 2.45) is 0 Å². The zero-order chi connectivity index (χ0) is 11.5. The molecule has 0 bridgehead atoms. The van der Waals surface area contributed by atoms with Gasteiger partial charge < -0.3 is 4.74 Å². The highest BCUT2D eigenvalue weighted by Crippen LogP contribution is 2.29. The molecule has 84 valence electrons. The van der Waals surface area contributed by atoms with Crippen molar-refractivity contribution in [2.45, 2.75) is 32.4 Å². The van der Waals surface area contributed by atoms with E-state index in [0.717, 1.165) is 30.7 Å². The lowest BCUT2D eigenvalue weighted by Gasteiger charge is -2.11. The monoisotopic (exact) mass is 218 g/mol. The maximum absolute atomic E-state index is 8.98. The summed E-state index contributed by atoms with van der Waals surface area (Å²) in [6.07, 6.45) is 1.91. The molecule has 0 aromatic carbocycles. The average molecular weight is 218 g/mol. The van der Waals surface area contributed by atoms with E-state index in [1.54, 1.807) is 4.68 Å². The molecular formula is C11H14N4O. The standard InChI is InChI=1S/C11H14N4O/c1-8(2)7-15-11(9(6-12)13-14-15)10-4-3-5-16-10/h10H,1,3-5,7H2,2H3. The molecule has 0 N–H and O–H groups in total. The van der Waals surface area contributed by atoms with E-state index >= 15 is 0 Å². The zero-order valence-corrected chi connectivity index (χ0v) is 9.31. The number of ether oxygens (including phenoxy) is 1. The maximum Gasteiger partial charge on any atom is 0.188 e. The van der Waals surface area contributed by atoms with Gasteiger partial charge in [-0.1, -0.05) is 17.4 Å². The molecule has 0 amide bonds. The molecule has 1 saturated heterocycles. The molecule has 1 aliphatic heterocycles. The van der Waals surface area contributed by atoms with Crippen molar-refractivity contribution in [1.29, 1.82) is 5.26 Å². The molecule has 1 unspecified atom stereocenters. The lowest BCUT2D eigenvalue weighted by Crippen LogP contribution is -2.10. The fourth-order valence-electron chi connectivity index (χ4n) is 1.88. The summed E-state index contributed by atoms with van der Waals surface area (Å²) in [5, 5.41) is 16.8. The predicted octanol–water partition coefficient (Wildman–Crippen LogP) is 1.58. The molecule has 1 aromatic rings. The zero-order valence-electron chi connectivity index (χ0n) is 9.31. The number of nitriles is 1.